The van der Waals surface area contributed by atoms with E-state index >= 15 is 0 Å². The van der Waals surface area contributed by atoms with Crippen LogP contribution in [0, 0.1) is 0 Å². The molecule has 1 aliphatic rings. The predicted octanol–water partition coefficient (Wildman–Crippen LogP) is 8.60. The van der Waals surface area contributed by atoms with Gasteiger partial charge >= 0.3 is 0 Å². The van der Waals surface area contributed by atoms with E-state index in [4.69, 9.17) is 0 Å². The molecule has 1 aliphatic heterocycles. The number of nitrogens with zero attached hydrogens (tertiary/aromatic N) is 2. The molecule has 0 bridgehead atoms. The Morgan fingerprint density at radius 3 is 1.58 bits per heavy atom. The lowest BCUT2D eigenvalue weighted by molar-refractivity contribution is -0.116. The molecule has 0 atom stereocenters. The van der Waals surface area contributed by atoms with Crippen molar-refractivity contribution in [3.8, 4) is 0 Å². The third-order valence-corrected chi connectivity index (χ3v) is 6.41. The van der Waals surface area contributed by atoms with Crippen LogP contribution in [0.1, 0.15) is 129 Å². The summed E-state index contributed by atoms with van der Waals surface area (Å²) in [7, 11) is 0. The Morgan fingerprint density at radius 2 is 1.16 bits per heavy atom. The van der Waals surface area contributed by atoms with Crippen LogP contribution in [0.2, 0.25) is 0 Å². The highest BCUT2D eigenvalue weighted by Crippen LogP contribution is 2.22. The van der Waals surface area contributed by atoms with Gasteiger partial charge in [0.25, 0.3) is 5.91 Å². The van der Waals surface area contributed by atoms with Crippen LogP contribution in [0.4, 0.5) is 5.69 Å². The minimum absolute atomic E-state index is 0.0723. The first-order valence-corrected chi connectivity index (χ1v) is 13.2. The number of aryl methyl sites for hydroxylation is 1. The van der Waals surface area contributed by atoms with Crippen LogP contribution in [-0.4, -0.2) is 11.6 Å². The monoisotopic (exact) mass is 426 g/mol. The number of carbonyl (C=O) groups excluding carboxylic acids is 1. The summed E-state index contributed by atoms with van der Waals surface area (Å²) in [6.07, 6.45) is 24.1. The summed E-state index contributed by atoms with van der Waals surface area (Å²) >= 11 is 0. The first-order valence-electron chi connectivity index (χ1n) is 13.2. The molecule has 0 aliphatic carbocycles. The third-order valence-electron chi connectivity index (χ3n) is 6.41. The number of benzene rings is 1. The first-order chi connectivity index (χ1) is 15.2. The molecule has 0 saturated carbocycles. The van der Waals surface area contributed by atoms with Gasteiger partial charge < -0.3 is 0 Å². The molecule has 0 aromatic heterocycles. The normalized spacial score (nSPS) is 13.8. The van der Waals surface area contributed by atoms with Gasteiger partial charge in [0, 0.05) is 5.71 Å². The number of amides is 1. The molecule has 0 fully saturated rings. The molecule has 1 aromatic rings. The maximum atomic E-state index is 11.9. The Kier molecular flexibility index (Phi) is 13.3. The van der Waals surface area contributed by atoms with E-state index in [1.807, 2.05) is 19.1 Å². The third kappa shape index (κ3) is 11.0. The molecule has 0 N–H and O–H groups in total. The van der Waals surface area contributed by atoms with Gasteiger partial charge in [0.1, 0.15) is 0 Å². The van der Waals surface area contributed by atoms with Crippen molar-refractivity contribution in [1.82, 2.24) is 0 Å². The van der Waals surface area contributed by atoms with E-state index in [-0.39, 0.29) is 5.91 Å². The topological polar surface area (TPSA) is 32.7 Å². The summed E-state index contributed by atoms with van der Waals surface area (Å²) in [6, 6.07) is 8.36. The molecule has 3 nitrogen and oxygen atoms in total. The van der Waals surface area contributed by atoms with Crippen LogP contribution in [0.25, 0.3) is 0 Å². The molecule has 1 aromatic carbocycles. The Hall–Kier alpha value is -1.64. The molecule has 1 amide bonds. The number of hydrogen-bond donors (Lipinski definition) is 0. The number of rotatable bonds is 18. The van der Waals surface area contributed by atoms with Gasteiger partial charge in [-0.15, -0.1) is 0 Å². The molecular weight excluding hydrogens is 380 g/mol. The van der Waals surface area contributed by atoms with Crippen LogP contribution in [0.3, 0.4) is 0 Å². The minimum Gasteiger partial charge on any atom is -0.272 e. The second-order valence-corrected chi connectivity index (χ2v) is 9.44. The van der Waals surface area contributed by atoms with Crippen molar-refractivity contribution < 1.29 is 4.79 Å². The lowest BCUT2D eigenvalue weighted by atomic mass is 10.0. The molecular formula is C28H46N2O. The molecule has 0 spiro atoms. The Bertz CT molecular complexity index is 635. The Balaban J connectivity index is 1.39. The molecule has 31 heavy (non-hydrogen) atoms. The number of anilines is 1. The van der Waals surface area contributed by atoms with Crippen LogP contribution in [0.5, 0.6) is 0 Å². The summed E-state index contributed by atoms with van der Waals surface area (Å²) in [5.41, 5.74) is 3.14. The highest BCUT2D eigenvalue weighted by atomic mass is 16.2. The van der Waals surface area contributed by atoms with Gasteiger partial charge in [-0.1, -0.05) is 115 Å². The average molecular weight is 427 g/mol. The van der Waals surface area contributed by atoms with Gasteiger partial charge in [0.15, 0.2) is 0 Å². The average Bonchev–Trinajstić information content (AvgIpc) is 3.11. The molecule has 0 saturated heterocycles. The smallest absolute Gasteiger partial charge is 0.253 e. The van der Waals surface area contributed by atoms with Crippen LogP contribution in [-0.2, 0) is 11.2 Å². The number of carbonyl (C=O) groups is 1. The van der Waals surface area contributed by atoms with Gasteiger partial charge in [0.05, 0.1) is 12.1 Å². The van der Waals surface area contributed by atoms with E-state index in [0.717, 1.165) is 17.8 Å². The highest BCUT2D eigenvalue weighted by molar-refractivity contribution is 6.12. The van der Waals surface area contributed by atoms with Crippen LogP contribution >= 0.6 is 0 Å². The quantitative estimate of drug-likeness (QED) is 0.216. The van der Waals surface area contributed by atoms with Gasteiger partial charge in [0.2, 0.25) is 0 Å². The van der Waals surface area contributed by atoms with Crippen molar-refractivity contribution in [2.24, 2.45) is 5.10 Å². The van der Waals surface area contributed by atoms with Crippen molar-refractivity contribution in [3.05, 3.63) is 29.8 Å². The fourth-order valence-corrected chi connectivity index (χ4v) is 4.44. The van der Waals surface area contributed by atoms with Crippen molar-refractivity contribution in [3.63, 3.8) is 0 Å². The Morgan fingerprint density at radius 1 is 0.710 bits per heavy atom. The van der Waals surface area contributed by atoms with E-state index in [1.54, 1.807) is 0 Å². The summed E-state index contributed by atoms with van der Waals surface area (Å²) in [5.74, 6) is 0.0723. The van der Waals surface area contributed by atoms with Crippen LogP contribution < -0.4 is 5.01 Å². The second kappa shape index (κ2) is 16.1. The SMILES string of the molecule is CCCCCCCCCCCCCCCCCCc1ccc(N2N=C(C)CC2=O)cc1. The maximum absolute atomic E-state index is 11.9. The van der Waals surface area contributed by atoms with E-state index in [9.17, 15) is 4.79 Å². The fourth-order valence-electron chi connectivity index (χ4n) is 4.44. The number of hydrogen-bond acceptors (Lipinski definition) is 2. The van der Waals surface area contributed by atoms with Gasteiger partial charge in [-0.2, -0.15) is 5.10 Å². The Labute approximate surface area is 191 Å². The van der Waals surface area contributed by atoms with Crippen molar-refractivity contribution in [1.29, 1.82) is 0 Å². The fraction of sp³-hybridized carbons (Fsp3) is 0.714. The first kappa shape index (κ1) is 25.6. The van der Waals surface area contributed by atoms with Gasteiger partial charge in [-0.3, -0.25) is 4.79 Å². The summed E-state index contributed by atoms with van der Waals surface area (Å²) in [4.78, 5) is 11.9. The molecule has 2 rings (SSSR count). The predicted molar refractivity (Wildman–Crippen MR) is 135 cm³/mol. The van der Waals surface area contributed by atoms with Crippen molar-refractivity contribution in [2.75, 3.05) is 5.01 Å². The van der Waals surface area contributed by atoms with E-state index in [1.165, 1.54) is 113 Å². The highest BCUT2D eigenvalue weighted by Gasteiger charge is 2.22. The zero-order valence-corrected chi connectivity index (χ0v) is 20.3. The molecule has 0 unspecified atom stereocenters. The standard InChI is InChI=1S/C28H46N2O/c1-3-4-5-6-7-8-9-10-11-12-13-14-15-16-17-18-19-26-20-22-27(23-21-26)30-28(31)24-25(2)29-30/h20-23H,3-19,24H2,1-2H3. The van der Waals surface area contributed by atoms with Gasteiger partial charge in [-0.05, 0) is 37.5 Å². The minimum atomic E-state index is 0.0723. The molecule has 3 heteroatoms. The van der Waals surface area contributed by atoms with E-state index in [0.29, 0.717) is 6.42 Å². The van der Waals surface area contributed by atoms with E-state index in [2.05, 4.69) is 24.2 Å². The maximum Gasteiger partial charge on any atom is 0.253 e. The second-order valence-electron chi connectivity index (χ2n) is 9.44. The lowest BCUT2D eigenvalue weighted by Gasteiger charge is -2.12. The zero-order valence-electron chi connectivity index (χ0n) is 20.3. The summed E-state index contributed by atoms with van der Waals surface area (Å²) in [5, 5.41) is 5.85. The van der Waals surface area contributed by atoms with Crippen molar-refractivity contribution >= 4 is 17.3 Å². The molecule has 0 radical (unpaired) electrons. The summed E-state index contributed by atoms with van der Waals surface area (Å²) < 4.78 is 0. The molecule has 174 valence electrons. The van der Waals surface area contributed by atoms with Crippen LogP contribution in [0.15, 0.2) is 29.4 Å². The number of hydrazone groups is 1. The zero-order chi connectivity index (χ0) is 22.2. The summed E-state index contributed by atoms with van der Waals surface area (Å²) in [6.45, 7) is 4.20. The lowest BCUT2D eigenvalue weighted by Crippen LogP contribution is -2.19. The molecule has 1 heterocycles. The van der Waals surface area contributed by atoms with Gasteiger partial charge in [-0.25, -0.2) is 5.01 Å². The number of unbranched alkanes of at least 4 members (excludes halogenated alkanes) is 15. The van der Waals surface area contributed by atoms with Crippen molar-refractivity contribution in [2.45, 2.75) is 129 Å². The largest absolute Gasteiger partial charge is 0.272 e. The van der Waals surface area contributed by atoms with E-state index < -0.39 is 0 Å².